The van der Waals surface area contributed by atoms with E-state index in [1.165, 1.54) is 6.92 Å². The summed E-state index contributed by atoms with van der Waals surface area (Å²) in [5, 5.41) is 4.93. The highest BCUT2D eigenvalue weighted by Gasteiger charge is 2.61. The Hall–Kier alpha value is -2.55. The highest BCUT2D eigenvalue weighted by Crippen LogP contribution is 2.40. The molecule has 0 N–H and O–H groups in total. The lowest BCUT2D eigenvalue weighted by atomic mass is 9.91. The number of benzene rings is 1. The molecule has 3 rings (SSSR count). The van der Waals surface area contributed by atoms with Gasteiger partial charge in [-0.15, -0.1) is 0 Å². The summed E-state index contributed by atoms with van der Waals surface area (Å²) in [6.45, 7) is 3.02. The predicted molar refractivity (Wildman–Crippen MR) is 95.2 cm³/mol. The molecule has 0 aromatic heterocycles. The Bertz CT molecular complexity index is 835. The minimum Gasteiger partial charge on any atom is -0.461 e. The van der Waals surface area contributed by atoms with Gasteiger partial charge in [0.15, 0.2) is 5.54 Å². The fourth-order valence-corrected chi connectivity index (χ4v) is 3.45. The second kappa shape index (κ2) is 6.64. The molecule has 2 aliphatic heterocycles. The molecule has 9 heteroatoms. The lowest BCUT2D eigenvalue weighted by Gasteiger charge is -2.28. The topological polar surface area (TPSA) is 96.3 Å². The van der Waals surface area contributed by atoms with Gasteiger partial charge in [0.1, 0.15) is 5.71 Å². The van der Waals surface area contributed by atoms with Crippen molar-refractivity contribution in [1.29, 1.82) is 0 Å². The van der Waals surface area contributed by atoms with Gasteiger partial charge >= 0.3 is 5.97 Å². The number of esters is 1. The zero-order valence-electron chi connectivity index (χ0n) is 14.2. The number of hydrogen-bond donors (Lipinski definition) is 0. The number of ether oxygens (including phenoxy) is 1. The van der Waals surface area contributed by atoms with Crippen molar-refractivity contribution in [3.05, 3.63) is 28.7 Å². The summed E-state index contributed by atoms with van der Waals surface area (Å²) in [7, 11) is 0. The molecule has 1 spiro atoms. The van der Waals surface area contributed by atoms with E-state index in [9.17, 15) is 19.2 Å². The lowest BCUT2D eigenvalue weighted by molar-refractivity contribution is -0.141. The minimum absolute atomic E-state index is 0.0409. The maximum atomic E-state index is 13.1. The van der Waals surface area contributed by atoms with Gasteiger partial charge in [-0.1, -0.05) is 15.9 Å². The van der Waals surface area contributed by atoms with E-state index in [0.717, 1.165) is 14.4 Å². The van der Waals surface area contributed by atoms with Crippen LogP contribution in [0.1, 0.15) is 26.7 Å². The number of anilines is 1. The van der Waals surface area contributed by atoms with E-state index in [2.05, 4.69) is 21.0 Å². The Morgan fingerprint density at radius 1 is 1.23 bits per heavy atom. The van der Waals surface area contributed by atoms with Gasteiger partial charge in [-0.25, -0.2) is 14.7 Å². The van der Waals surface area contributed by atoms with Crippen LogP contribution in [-0.2, 0) is 23.9 Å². The summed E-state index contributed by atoms with van der Waals surface area (Å²) in [4.78, 5) is 50.8. The standard InChI is InChI=1S/C17H16BrN3O5/c1-3-26-15(24)13-8-17(21(19-13)10(2)22)9-14(23)20(16(17)25)12-6-4-11(18)5-7-12/h4-7H,3,8-9H2,1-2H3. The molecular formula is C17H16BrN3O5. The molecule has 26 heavy (non-hydrogen) atoms. The molecule has 3 amide bonds. The molecule has 0 saturated carbocycles. The van der Waals surface area contributed by atoms with Gasteiger partial charge in [0.2, 0.25) is 11.8 Å². The number of halogens is 1. The van der Waals surface area contributed by atoms with Crippen LogP contribution in [0.15, 0.2) is 33.8 Å². The molecule has 136 valence electrons. The molecule has 0 aliphatic carbocycles. The molecule has 1 saturated heterocycles. The molecule has 8 nitrogen and oxygen atoms in total. The molecule has 1 aromatic rings. The van der Waals surface area contributed by atoms with Crippen molar-refractivity contribution in [2.45, 2.75) is 32.2 Å². The summed E-state index contributed by atoms with van der Waals surface area (Å²) in [6, 6.07) is 6.66. The van der Waals surface area contributed by atoms with E-state index in [0.29, 0.717) is 5.69 Å². The van der Waals surface area contributed by atoms with Gasteiger partial charge in [0.05, 0.1) is 18.7 Å². The maximum Gasteiger partial charge on any atom is 0.354 e. The van der Waals surface area contributed by atoms with Crippen molar-refractivity contribution in [2.75, 3.05) is 11.5 Å². The third kappa shape index (κ3) is 2.82. The first-order valence-electron chi connectivity index (χ1n) is 7.98. The van der Waals surface area contributed by atoms with E-state index < -0.39 is 29.2 Å². The third-order valence-electron chi connectivity index (χ3n) is 4.27. The summed E-state index contributed by atoms with van der Waals surface area (Å²) in [6.07, 6.45) is -0.392. The van der Waals surface area contributed by atoms with Crippen molar-refractivity contribution in [3.63, 3.8) is 0 Å². The minimum atomic E-state index is -1.52. The van der Waals surface area contributed by atoms with Gasteiger partial charge in [0, 0.05) is 17.8 Å². The fourth-order valence-electron chi connectivity index (χ4n) is 3.18. The van der Waals surface area contributed by atoms with Crippen molar-refractivity contribution < 1.29 is 23.9 Å². The van der Waals surface area contributed by atoms with Gasteiger partial charge in [-0.2, -0.15) is 5.10 Å². The maximum absolute atomic E-state index is 13.1. The van der Waals surface area contributed by atoms with E-state index in [1.807, 2.05) is 0 Å². The second-order valence-electron chi connectivity index (χ2n) is 5.99. The number of rotatable bonds is 3. The average molecular weight is 422 g/mol. The van der Waals surface area contributed by atoms with Crippen molar-refractivity contribution in [3.8, 4) is 0 Å². The zero-order valence-corrected chi connectivity index (χ0v) is 15.8. The van der Waals surface area contributed by atoms with Crippen LogP contribution in [0.25, 0.3) is 0 Å². The number of carbonyl (C=O) groups excluding carboxylic acids is 4. The average Bonchev–Trinajstić information content (AvgIpc) is 3.08. The quantitative estimate of drug-likeness (QED) is 0.545. The first-order chi connectivity index (χ1) is 12.3. The Morgan fingerprint density at radius 3 is 2.46 bits per heavy atom. The highest BCUT2D eigenvalue weighted by atomic mass is 79.9. The lowest BCUT2D eigenvalue weighted by Crippen LogP contribution is -2.51. The summed E-state index contributed by atoms with van der Waals surface area (Å²) < 4.78 is 5.72. The number of hydrogen-bond acceptors (Lipinski definition) is 6. The van der Waals surface area contributed by atoms with Crippen LogP contribution >= 0.6 is 15.9 Å². The highest BCUT2D eigenvalue weighted by molar-refractivity contribution is 9.10. The van der Waals surface area contributed by atoms with Crippen LogP contribution in [0.3, 0.4) is 0 Å². The molecule has 0 radical (unpaired) electrons. The van der Waals surface area contributed by atoms with Crippen LogP contribution in [0, 0.1) is 0 Å². The van der Waals surface area contributed by atoms with E-state index >= 15 is 0 Å². The number of imide groups is 1. The summed E-state index contributed by atoms with van der Waals surface area (Å²) in [5.74, 6) is -2.26. The van der Waals surface area contributed by atoms with E-state index in [1.54, 1.807) is 31.2 Å². The first-order valence-corrected chi connectivity index (χ1v) is 8.78. The van der Waals surface area contributed by atoms with Crippen molar-refractivity contribution >= 4 is 51.0 Å². The number of hydrazone groups is 1. The fraction of sp³-hybridized carbons (Fsp3) is 0.353. The normalized spacial score (nSPS) is 22.2. The molecule has 1 aromatic carbocycles. The number of amides is 3. The molecule has 1 unspecified atom stereocenters. The molecule has 2 heterocycles. The van der Waals surface area contributed by atoms with Gasteiger partial charge in [-0.3, -0.25) is 14.4 Å². The molecule has 1 atom stereocenters. The molecule has 0 bridgehead atoms. The van der Waals surface area contributed by atoms with Crippen LogP contribution in [0.2, 0.25) is 0 Å². The van der Waals surface area contributed by atoms with Crippen molar-refractivity contribution in [2.24, 2.45) is 5.10 Å². The van der Waals surface area contributed by atoms with Crippen LogP contribution in [0.5, 0.6) is 0 Å². The Balaban J connectivity index is 1.98. The van der Waals surface area contributed by atoms with E-state index in [-0.39, 0.29) is 25.2 Å². The zero-order chi connectivity index (χ0) is 19.1. The van der Waals surface area contributed by atoms with Gasteiger partial charge in [0.25, 0.3) is 5.91 Å². The Kier molecular flexibility index (Phi) is 4.66. The monoisotopic (exact) mass is 421 g/mol. The van der Waals surface area contributed by atoms with Crippen LogP contribution in [-0.4, -0.2) is 46.6 Å². The summed E-state index contributed by atoms with van der Waals surface area (Å²) >= 11 is 3.30. The Labute approximate surface area is 157 Å². The van der Waals surface area contributed by atoms with Gasteiger partial charge < -0.3 is 4.74 Å². The van der Waals surface area contributed by atoms with Gasteiger partial charge in [-0.05, 0) is 31.2 Å². The van der Waals surface area contributed by atoms with E-state index in [4.69, 9.17) is 4.74 Å². The van der Waals surface area contributed by atoms with Crippen LogP contribution in [0.4, 0.5) is 5.69 Å². The van der Waals surface area contributed by atoms with Crippen LogP contribution < -0.4 is 4.90 Å². The predicted octanol–water partition coefficient (Wildman–Crippen LogP) is 1.62. The molecule has 1 fully saturated rings. The number of carbonyl (C=O) groups is 4. The number of nitrogens with zero attached hydrogens (tertiary/aromatic N) is 3. The largest absolute Gasteiger partial charge is 0.461 e. The second-order valence-corrected chi connectivity index (χ2v) is 6.91. The molecular weight excluding hydrogens is 406 g/mol. The van der Waals surface area contributed by atoms with Crippen molar-refractivity contribution in [1.82, 2.24) is 5.01 Å². The SMILES string of the molecule is CCOC(=O)C1=NN(C(C)=O)C2(CC(=O)N(c3ccc(Br)cc3)C2=O)C1. The molecule has 2 aliphatic rings. The first kappa shape index (κ1) is 18.2. The third-order valence-corrected chi connectivity index (χ3v) is 4.80. The Morgan fingerprint density at radius 2 is 1.88 bits per heavy atom. The smallest absolute Gasteiger partial charge is 0.354 e. The summed E-state index contributed by atoms with van der Waals surface area (Å²) in [5.41, 5.74) is -1.16.